The van der Waals surface area contributed by atoms with Gasteiger partial charge in [-0.2, -0.15) is 0 Å². The van der Waals surface area contributed by atoms with Crippen molar-refractivity contribution in [1.82, 2.24) is 9.88 Å². The fraction of sp³-hybridized carbons (Fsp3) is 0.444. The molecular formula is C27H31FN2. The Morgan fingerprint density at radius 2 is 1.97 bits per heavy atom. The quantitative estimate of drug-likeness (QED) is 0.567. The second-order valence-corrected chi connectivity index (χ2v) is 9.39. The molecule has 3 fully saturated rings. The van der Waals surface area contributed by atoms with Gasteiger partial charge in [0.25, 0.3) is 0 Å². The first kappa shape index (κ1) is 19.5. The summed E-state index contributed by atoms with van der Waals surface area (Å²) < 4.78 is 13.5. The van der Waals surface area contributed by atoms with Gasteiger partial charge in [0.05, 0.1) is 5.69 Å². The third-order valence-electron chi connectivity index (χ3n) is 7.49. The van der Waals surface area contributed by atoms with Crippen LogP contribution < -0.4 is 0 Å². The lowest BCUT2D eigenvalue weighted by Gasteiger charge is -2.33. The molecule has 3 heterocycles. The van der Waals surface area contributed by atoms with Crippen LogP contribution in [0, 0.1) is 23.6 Å². The molecular weight excluding hydrogens is 371 g/mol. The number of fused-ring (bicyclic) bond motifs is 3. The largest absolute Gasteiger partial charge is 0.371 e. The number of aromatic nitrogens is 1. The van der Waals surface area contributed by atoms with Gasteiger partial charge in [-0.3, -0.25) is 4.98 Å². The summed E-state index contributed by atoms with van der Waals surface area (Å²) in [7, 11) is 0. The fourth-order valence-corrected chi connectivity index (χ4v) is 5.96. The zero-order valence-corrected chi connectivity index (χ0v) is 17.6. The summed E-state index contributed by atoms with van der Waals surface area (Å²) in [6, 6.07) is 11.4. The second kappa shape index (κ2) is 8.37. The molecule has 1 saturated carbocycles. The van der Waals surface area contributed by atoms with Crippen LogP contribution in [0.3, 0.4) is 0 Å². The minimum absolute atomic E-state index is 0.214. The van der Waals surface area contributed by atoms with Gasteiger partial charge in [-0.25, -0.2) is 4.39 Å². The summed E-state index contributed by atoms with van der Waals surface area (Å²) in [6.45, 7) is 5.59. The maximum Gasteiger partial charge on any atom is 0.123 e. The number of pyridine rings is 1. The summed E-state index contributed by atoms with van der Waals surface area (Å²) in [5.74, 6) is 1.98. The van der Waals surface area contributed by atoms with Gasteiger partial charge in [0.1, 0.15) is 5.82 Å². The summed E-state index contributed by atoms with van der Waals surface area (Å²) in [5.41, 5.74) is 4.15. The normalized spacial score (nSPS) is 29.0. The molecule has 3 unspecified atom stereocenters. The van der Waals surface area contributed by atoms with Crippen LogP contribution >= 0.6 is 0 Å². The molecule has 2 aromatic rings. The highest BCUT2D eigenvalue weighted by atomic mass is 19.1. The Kier molecular flexibility index (Phi) is 5.45. The van der Waals surface area contributed by atoms with Crippen LogP contribution in [0.25, 0.3) is 17.2 Å². The van der Waals surface area contributed by atoms with Crippen molar-refractivity contribution < 1.29 is 4.39 Å². The lowest BCUT2D eigenvalue weighted by molar-refractivity contribution is 0.215. The monoisotopic (exact) mass is 402 g/mol. The average Bonchev–Trinajstić information content (AvgIpc) is 2.93. The van der Waals surface area contributed by atoms with Gasteiger partial charge in [-0.05, 0) is 73.8 Å². The van der Waals surface area contributed by atoms with E-state index < -0.39 is 0 Å². The van der Waals surface area contributed by atoms with Gasteiger partial charge in [0, 0.05) is 36.0 Å². The van der Waals surface area contributed by atoms with Crippen molar-refractivity contribution in [2.45, 2.75) is 51.0 Å². The highest BCUT2D eigenvalue weighted by Crippen LogP contribution is 2.45. The van der Waals surface area contributed by atoms with Crippen molar-refractivity contribution in [3.05, 3.63) is 72.5 Å². The third kappa shape index (κ3) is 3.95. The number of halogens is 1. The van der Waals surface area contributed by atoms with E-state index in [0.29, 0.717) is 12.0 Å². The van der Waals surface area contributed by atoms with Gasteiger partial charge in [0.15, 0.2) is 0 Å². The minimum Gasteiger partial charge on any atom is -0.371 e. The number of hydrogen-bond donors (Lipinski definition) is 0. The van der Waals surface area contributed by atoms with Crippen LogP contribution in [0.1, 0.15) is 50.6 Å². The Morgan fingerprint density at radius 1 is 1.07 bits per heavy atom. The predicted molar refractivity (Wildman–Crippen MR) is 121 cm³/mol. The van der Waals surface area contributed by atoms with Gasteiger partial charge < -0.3 is 4.90 Å². The highest BCUT2D eigenvalue weighted by molar-refractivity contribution is 5.63. The van der Waals surface area contributed by atoms with E-state index in [0.717, 1.165) is 35.1 Å². The standard InChI is InChI=1S/C27H31FN2/c1-19-9-14-27-26(22-6-3-2-5-20(15-22)18-30(19)27)13-12-25-11-10-23(17-29-25)21-7-4-8-24(28)16-21/h4,7-8,10-13,16-17,20,22,26-27H,1-3,5-6,9,14-15,18H2/b13-12+/t20?,22?,26?,27-/m1/s1. The first-order valence-corrected chi connectivity index (χ1v) is 11.5. The maximum absolute atomic E-state index is 13.5. The number of nitrogens with zero attached hydrogens (tertiary/aromatic N) is 2. The zero-order chi connectivity index (χ0) is 20.5. The lowest BCUT2D eigenvalue weighted by atomic mass is 9.80. The summed E-state index contributed by atoms with van der Waals surface area (Å²) in [5, 5.41) is 0. The molecule has 1 aromatic carbocycles. The summed E-state index contributed by atoms with van der Waals surface area (Å²) in [4.78, 5) is 7.30. The number of allylic oxidation sites excluding steroid dienone is 1. The molecule has 156 valence electrons. The van der Waals surface area contributed by atoms with Crippen LogP contribution in [0.15, 0.2) is 60.9 Å². The van der Waals surface area contributed by atoms with Crippen molar-refractivity contribution in [2.24, 2.45) is 17.8 Å². The molecule has 2 bridgehead atoms. The van der Waals surface area contributed by atoms with Crippen molar-refractivity contribution in [2.75, 3.05) is 6.54 Å². The Balaban J connectivity index is 1.38. The Labute approximate surface area is 179 Å². The molecule has 2 saturated heterocycles. The molecule has 2 aliphatic heterocycles. The van der Waals surface area contributed by atoms with E-state index in [-0.39, 0.29) is 5.82 Å². The second-order valence-electron chi connectivity index (χ2n) is 9.39. The van der Waals surface area contributed by atoms with Crippen LogP contribution in [0.5, 0.6) is 0 Å². The van der Waals surface area contributed by atoms with Crippen molar-refractivity contribution in [3.63, 3.8) is 0 Å². The molecule has 1 aromatic heterocycles. The Morgan fingerprint density at radius 3 is 2.80 bits per heavy atom. The van der Waals surface area contributed by atoms with Crippen LogP contribution in [-0.4, -0.2) is 22.5 Å². The zero-order valence-electron chi connectivity index (χ0n) is 17.6. The molecule has 3 heteroatoms. The lowest BCUT2D eigenvalue weighted by Crippen LogP contribution is -2.36. The molecule has 0 spiro atoms. The molecule has 30 heavy (non-hydrogen) atoms. The van der Waals surface area contributed by atoms with Crippen molar-refractivity contribution in [3.8, 4) is 11.1 Å². The Hall–Kier alpha value is -2.42. The topological polar surface area (TPSA) is 16.1 Å². The van der Waals surface area contributed by atoms with Gasteiger partial charge >= 0.3 is 0 Å². The van der Waals surface area contributed by atoms with E-state index in [2.05, 4.69) is 34.7 Å². The smallest absolute Gasteiger partial charge is 0.123 e. The van der Waals surface area contributed by atoms with Crippen molar-refractivity contribution in [1.29, 1.82) is 0 Å². The molecule has 1 aliphatic carbocycles. The molecule has 5 rings (SSSR count). The SMILES string of the molecule is C=C1CC[C@@H]2C(/C=C/c3ccc(-c4cccc(F)c4)cn3)C3CCCCC(C3)CN12. The summed E-state index contributed by atoms with van der Waals surface area (Å²) in [6.07, 6.45) is 15.8. The average molecular weight is 403 g/mol. The molecule has 0 radical (unpaired) electrons. The van der Waals surface area contributed by atoms with E-state index in [1.807, 2.05) is 18.3 Å². The molecule has 3 aliphatic rings. The van der Waals surface area contributed by atoms with Crippen LogP contribution in [0.4, 0.5) is 4.39 Å². The van der Waals surface area contributed by atoms with Crippen molar-refractivity contribution >= 4 is 6.08 Å². The van der Waals surface area contributed by atoms with Gasteiger partial charge in [-0.15, -0.1) is 0 Å². The Bertz CT molecular complexity index is 932. The third-order valence-corrected chi connectivity index (χ3v) is 7.49. The van der Waals surface area contributed by atoms with E-state index in [1.165, 1.54) is 56.8 Å². The van der Waals surface area contributed by atoms with E-state index in [9.17, 15) is 4.39 Å². The summed E-state index contributed by atoms with van der Waals surface area (Å²) >= 11 is 0. The van der Waals surface area contributed by atoms with Gasteiger partial charge in [-0.1, -0.05) is 43.7 Å². The molecule has 0 amide bonds. The van der Waals surface area contributed by atoms with E-state index in [4.69, 9.17) is 0 Å². The first-order chi connectivity index (χ1) is 14.7. The number of rotatable bonds is 3. The number of benzene rings is 1. The van der Waals surface area contributed by atoms with Crippen LogP contribution in [0.2, 0.25) is 0 Å². The van der Waals surface area contributed by atoms with Crippen LogP contribution in [-0.2, 0) is 0 Å². The van der Waals surface area contributed by atoms with E-state index in [1.54, 1.807) is 12.1 Å². The fourth-order valence-electron chi connectivity index (χ4n) is 5.96. The first-order valence-electron chi connectivity index (χ1n) is 11.5. The maximum atomic E-state index is 13.5. The highest BCUT2D eigenvalue weighted by Gasteiger charge is 2.41. The number of hydrogen-bond acceptors (Lipinski definition) is 2. The molecule has 0 N–H and O–H groups in total. The predicted octanol–water partition coefficient (Wildman–Crippen LogP) is 6.71. The molecule has 4 atom stereocenters. The molecule has 2 nitrogen and oxygen atoms in total. The van der Waals surface area contributed by atoms with E-state index >= 15 is 0 Å². The minimum atomic E-state index is -0.214. The van der Waals surface area contributed by atoms with Gasteiger partial charge in [0.2, 0.25) is 0 Å².